The molecule has 1 aromatic carbocycles. The lowest BCUT2D eigenvalue weighted by molar-refractivity contribution is 0.438. The quantitative estimate of drug-likeness (QED) is 0.302. The third-order valence-corrected chi connectivity index (χ3v) is 7.63. The summed E-state index contributed by atoms with van der Waals surface area (Å²) in [6.45, 7) is 6.91. The Bertz CT molecular complexity index is 1490. The number of nitrogens with zero attached hydrogens (tertiary/aromatic N) is 7. The minimum absolute atomic E-state index is 0.0433. The van der Waals surface area contributed by atoms with E-state index in [2.05, 4.69) is 85.1 Å². The Morgan fingerprint density at radius 3 is 2.81 bits per heavy atom. The highest BCUT2D eigenvalue weighted by atomic mass is 79.9. The molecule has 1 unspecified atom stereocenters. The van der Waals surface area contributed by atoms with Crippen molar-refractivity contribution < 1.29 is 0 Å². The van der Waals surface area contributed by atoms with Crippen LogP contribution in [0.2, 0.25) is 0 Å². The molecular formula is C27H31BrN8O. The standard InChI is InChI=1S/C27H31BrN8O/c1-4-5-9-22-17-35(25-23(28)10-15-34(25)19(2)3)26(37)36(22)18-27(11-13-29-14-12-27)21-8-6-7-20(16-21)24-30-32-33-31-24/h6-8,10-11,13-17,19H,4-5,9,12,18H2,1-3H3,(H,30,31,32,33). The number of aromatic amines is 1. The number of hydrogen-bond acceptors (Lipinski definition) is 5. The lowest BCUT2D eigenvalue weighted by Gasteiger charge is -2.32. The minimum Gasteiger partial charge on any atom is -0.331 e. The van der Waals surface area contributed by atoms with E-state index in [4.69, 9.17) is 0 Å². The second-order valence-electron chi connectivity index (χ2n) is 9.79. The Morgan fingerprint density at radius 1 is 1.24 bits per heavy atom. The average molecular weight is 564 g/mol. The Balaban J connectivity index is 1.63. The molecule has 4 aromatic rings. The van der Waals surface area contributed by atoms with E-state index in [9.17, 15) is 4.79 Å². The van der Waals surface area contributed by atoms with Crippen LogP contribution < -0.4 is 5.69 Å². The van der Waals surface area contributed by atoms with Crippen molar-refractivity contribution in [2.45, 2.75) is 64.5 Å². The number of halogens is 1. The monoisotopic (exact) mass is 562 g/mol. The van der Waals surface area contributed by atoms with Crippen molar-refractivity contribution in [2.24, 2.45) is 4.99 Å². The van der Waals surface area contributed by atoms with E-state index in [1.807, 2.05) is 47.6 Å². The molecule has 10 heteroatoms. The van der Waals surface area contributed by atoms with Crippen LogP contribution in [0.25, 0.3) is 17.2 Å². The summed E-state index contributed by atoms with van der Waals surface area (Å²) < 4.78 is 6.76. The van der Waals surface area contributed by atoms with Crippen LogP contribution in [0.5, 0.6) is 0 Å². The van der Waals surface area contributed by atoms with Gasteiger partial charge in [0.2, 0.25) is 0 Å². The summed E-state index contributed by atoms with van der Waals surface area (Å²) in [6, 6.07) is 10.4. The molecule has 1 atom stereocenters. The van der Waals surface area contributed by atoms with Crippen molar-refractivity contribution in [3.8, 4) is 17.2 Å². The maximum absolute atomic E-state index is 14.1. The number of hydrogen-bond donors (Lipinski definition) is 1. The van der Waals surface area contributed by atoms with Gasteiger partial charge in [-0.15, -0.1) is 5.10 Å². The summed E-state index contributed by atoms with van der Waals surface area (Å²) >= 11 is 3.68. The first-order valence-corrected chi connectivity index (χ1v) is 13.4. The van der Waals surface area contributed by atoms with Crippen molar-refractivity contribution >= 4 is 22.1 Å². The van der Waals surface area contributed by atoms with Crippen molar-refractivity contribution in [2.75, 3.05) is 0 Å². The van der Waals surface area contributed by atoms with Crippen molar-refractivity contribution in [3.05, 3.63) is 81.2 Å². The van der Waals surface area contributed by atoms with Gasteiger partial charge in [0.1, 0.15) is 5.82 Å². The zero-order chi connectivity index (χ0) is 26.0. The highest BCUT2D eigenvalue weighted by Crippen LogP contribution is 2.35. The Morgan fingerprint density at radius 2 is 2.11 bits per heavy atom. The fourth-order valence-corrected chi connectivity index (χ4v) is 5.48. The number of rotatable bonds is 9. The molecule has 37 heavy (non-hydrogen) atoms. The smallest absolute Gasteiger partial charge is 0.331 e. The van der Waals surface area contributed by atoms with Crippen LogP contribution in [-0.2, 0) is 18.4 Å². The predicted octanol–water partition coefficient (Wildman–Crippen LogP) is 5.23. The number of imidazole rings is 1. The van der Waals surface area contributed by atoms with Gasteiger partial charge in [0, 0.05) is 54.1 Å². The third kappa shape index (κ3) is 4.77. The third-order valence-electron chi connectivity index (χ3n) is 7.01. The number of allylic oxidation sites excluding steroid dienone is 1. The van der Waals surface area contributed by atoms with E-state index in [1.165, 1.54) is 0 Å². The summed E-state index contributed by atoms with van der Waals surface area (Å²) in [4.78, 5) is 18.4. The molecule has 0 spiro atoms. The maximum Gasteiger partial charge on any atom is 0.334 e. The predicted molar refractivity (Wildman–Crippen MR) is 148 cm³/mol. The Kier molecular flexibility index (Phi) is 7.10. The second kappa shape index (κ2) is 10.5. The van der Waals surface area contributed by atoms with Crippen LogP contribution in [0.1, 0.15) is 57.3 Å². The number of tetrazole rings is 1. The van der Waals surface area contributed by atoms with Crippen molar-refractivity contribution in [1.29, 1.82) is 0 Å². The molecule has 192 valence electrons. The van der Waals surface area contributed by atoms with Crippen LogP contribution in [0.4, 0.5) is 0 Å². The molecule has 0 saturated heterocycles. The van der Waals surface area contributed by atoms with Crippen LogP contribution >= 0.6 is 15.9 Å². The molecule has 3 aromatic heterocycles. The van der Waals surface area contributed by atoms with Crippen LogP contribution in [0, 0.1) is 0 Å². The van der Waals surface area contributed by atoms with Crippen molar-refractivity contribution in [1.82, 2.24) is 34.3 Å². The molecule has 1 aliphatic rings. The van der Waals surface area contributed by atoms with Gasteiger partial charge in [0.25, 0.3) is 0 Å². The van der Waals surface area contributed by atoms with Gasteiger partial charge in [-0.1, -0.05) is 37.6 Å². The van der Waals surface area contributed by atoms with Gasteiger partial charge in [-0.25, -0.2) is 9.89 Å². The Hall–Kier alpha value is -3.53. The molecule has 5 rings (SSSR count). The lowest BCUT2D eigenvalue weighted by atomic mass is 9.76. The van der Waals surface area contributed by atoms with Gasteiger partial charge in [-0.05, 0) is 77.2 Å². The van der Waals surface area contributed by atoms with Crippen LogP contribution in [0.3, 0.4) is 0 Å². The number of benzene rings is 1. The van der Waals surface area contributed by atoms with Crippen LogP contribution in [0.15, 0.2) is 69.3 Å². The van der Waals surface area contributed by atoms with E-state index in [1.54, 1.807) is 4.57 Å². The van der Waals surface area contributed by atoms with E-state index in [0.29, 0.717) is 18.8 Å². The molecule has 0 saturated carbocycles. The van der Waals surface area contributed by atoms with E-state index >= 15 is 0 Å². The van der Waals surface area contributed by atoms with Gasteiger partial charge < -0.3 is 4.57 Å². The number of nitrogens with one attached hydrogen (secondary N) is 1. The number of aliphatic imine (C=N–C) groups is 1. The SMILES string of the molecule is CCCCc1cn(-c2c(Br)ccn2C(C)C)c(=O)n1CC1(c2cccc(-c3nnn[nH]3)c2)C=CN=CC1. The fraction of sp³-hybridized carbons (Fsp3) is 0.370. The molecular weight excluding hydrogens is 532 g/mol. The molecule has 1 N–H and O–H groups in total. The molecule has 0 fully saturated rings. The van der Waals surface area contributed by atoms with Crippen molar-refractivity contribution in [3.63, 3.8) is 0 Å². The van der Waals surface area contributed by atoms with E-state index in [0.717, 1.165) is 46.4 Å². The summed E-state index contributed by atoms with van der Waals surface area (Å²) in [5.41, 5.74) is 2.52. The van der Waals surface area contributed by atoms with Crippen LogP contribution in [-0.4, -0.2) is 40.5 Å². The summed E-state index contributed by atoms with van der Waals surface area (Å²) in [5.74, 6) is 1.46. The molecule has 0 radical (unpaired) electrons. The first-order chi connectivity index (χ1) is 17.9. The summed E-state index contributed by atoms with van der Waals surface area (Å²) in [6.07, 6.45) is 13.5. The number of unbranched alkanes of at least 4 members (excludes halogenated alkanes) is 1. The minimum atomic E-state index is -0.445. The van der Waals surface area contributed by atoms with Gasteiger partial charge in [0.05, 0.1) is 4.47 Å². The molecule has 0 bridgehead atoms. The van der Waals surface area contributed by atoms with Gasteiger partial charge in [-0.3, -0.25) is 14.1 Å². The fourth-order valence-electron chi connectivity index (χ4n) is 4.97. The van der Waals surface area contributed by atoms with Gasteiger partial charge in [-0.2, -0.15) is 0 Å². The second-order valence-corrected chi connectivity index (χ2v) is 10.6. The molecule has 0 amide bonds. The maximum atomic E-state index is 14.1. The zero-order valence-electron chi connectivity index (χ0n) is 21.3. The molecule has 1 aliphatic heterocycles. The number of H-pyrrole nitrogens is 1. The van der Waals surface area contributed by atoms with E-state index in [-0.39, 0.29) is 11.7 Å². The lowest BCUT2D eigenvalue weighted by Crippen LogP contribution is -2.37. The highest BCUT2D eigenvalue weighted by Gasteiger charge is 2.33. The first-order valence-electron chi connectivity index (χ1n) is 12.7. The zero-order valence-corrected chi connectivity index (χ0v) is 22.9. The largest absolute Gasteiger partial charge is 0.334 e. The number of aryl methyl sites for hydroxylation is 1. The molecule has 9 nitrogen and oxygen atoms in total. The number of aromatic nitrogens is 7. The topological polar surface area (TPSA) is 98.7 Å². The summed E-state index contributed by atoms with van der Waals surface area (Å²) in [7, 11) is 0. The normalized spacial score (nSPS) is 17.2. The first kappa shape index (κ1) is 25.1. The molecule has 4 heterocycles. The van der Waals surface area contributed by atoms with E-state index < -0.39 is 5.41 Å². The summed E-state index contributed by atoms with van der Waals surface area (Å²) in [5, 5.41) is 14.4. The average Bonchev–Trinajstić information content (AvgIpc) is 3.64. The van der Waals surface area contributed by atoms with Gasteiger partial charge >= 0.3 is 5.69 Å². The molecule has 0 aliphatic carbocycles. The highest BCUT2D eigenvalue weighted by molar-refractivity contribution is 9.10. The van der Waals surface area contributed by atoms with Gasteiger partial charge in [0.15, 0.2) is 5.82 Å². The Labute approximate surface area is 224 Å².